The Morgan fingerprint density at radius 3 is 2.95 bits per heavy atom. The molecule has 0 heterocycles. The van der Waals surface area contributed by atoms with Crippen LogP contribution >= 0.6 is 11.6 Å². The number of hydrazone groups is 1. The quantitative estimate of drug-likeness (QED) is 0.455. The van der Waals surface area contributed by atoms with Crippen LogP contribution in [0.25, 0.3) is 0 Å². The highest BCUT2D eigenvalue weighted by molar-refractivity contribution is 6.31. The summed E-state index contributed by atoms with van der Waals surface area (Å²) in [5.41, 5.74) is 2.49. The van der Waals surface area contributed by atoms with Gasteiger partial charge in [-0.1, -0.05) is 37.8 Å². The van der Waals surface area contributed by atoms with Crippen LogP contribution in [-0.2, 0) is 0 Å². The third-order valence-electron chi connectivity index (χ3n) is 2.65. The van der Waals surface area contributed by atoms with Crippen molar-refractivity contribution in [2.24, 2.45) is 5.10 Å². The van der Waals surface area contributed by atoms with Gasteiger partial charge in [0, 0.05) is 11.2 Å². The first kappa shape index (κ1) is 15.5. The molecule has 2 N–H and O–H groups in total. The van der Waals surface area contributed by atoms with E-state index in [9.17, 15) is 9.90 Å². The molecule has 1 aromatic rings. The third kappa shape index (κ3) is 5.75. The molecule has 0 spiro atoms. The van der Waals surface area contributed by atoms with Gasteiger partial charge in [-0.15, -0.1) is 0 Å². The zero-order valence-corrected chi connectivity index (χ0v) is 11.8. The van der Waals surface area contributed by atoms with E-state index in [1.165, 1.54) is 37.5 Å². The lowest BCUT2D eigenvalue weighted by molar-refractivity contribution is 0.0952. The van der Waals surface area contributed by atoms with Crippen LogP contribution in [0.15, 0.2) is 23.3 Å². The minimum atomic E-state index is -0.468. The van der Waals surface area contributed by atoms with Crippen LogP contribution in [0, 0.1) is 0 Å². The van der Waals surface area contributed by atoms with Crippen molar-refractivity contribution < 1.29 is 9.90 Å². The first-order chi connectivity index (χ1) is 9.15. The molecule has 0 radical (unpaired) electrons. The number of rotatable bonds is 7. The molecule has 0 aliphatic heterocycles. The SMILES string of the molecule is CCCCCC/C=N/NC(=O)c1cc(Cl)ccc1O. The van der Waals surface area contributed by atoms with Crippen LogP contribution in [0.4, 0.5) is 0 Å². The van der Waals surface area contributed by atoms with Gasteiger partial charge < -0.3 is 5.11 Å². The van der Waals surface area contributed by atoms with Gasteiger partial charge >= 0.3 is 0 Å². The zero-order chi connectivity index (χ0) is 14.1. The van der Waals surface area contributed by atoms with Gasteiger partial charge in [0.2, 0.25) is 0 Å². The Hall–Kier alpha value is -1.55. The molecule has 4 nitrogen and oxygen atoms in total. The van der Waals surface area contributed by atoms with Crippen LogP contribution < -0.4 is 5.43 Å². The Kier molecular flexibility index (Phi) is 6.97. The van der Waals surface area contributed by atoms with Gasteiger partial charge in [0.15, 0.2) is 0 Å². The van der Waals surface area contributed by atoms with E-state index in [1.807, 2.05) is 0 Å². The highest BCUT2D eigenvalue weighted by Crippen LogP contribution is 2.21. The number of nitrogens with one attached hydrogen (secondary N) is 1. The van der Waals surface area contributed by atoms with Crippen molar-refractivity contribution in [3.8, 4) is 5.75 Å². The molecule has 0 atom stereocenters. The smallest absolute Gasteiger partial charge is 0.275 e. The fourth-order valence-electron chi connectivity index (χ4n) is 1.58. The molecule has 0 aliphatic rings. The van der Waals surface area contributed by atoms with Crippen molar-refractivity contribution in [1.82, 2.24) is 5.43 Å². The maximum Gasteiger partial charge on any atom is 0.275 e. The molecule has 0 fully saturated rings. The summed E-state index contributed by atoms with van der Waals surface area (Å²) in [7, 11) is 0. The maximum absolute atomic E-state index is 11.7. The van der Waals surface area contributed by atoms with Crippen molar-refractivity contribution >= 4 is 23.7 Å². The van der Waals surface area contributed by atoms with E-state index < -0.39 is 5.91 Å². The summed E-state index contributed by atoms with van der Waals surface area (Å²) in [6.07, 6.45) is 7.16. The normalized spacial score (nSPS) is 10.8. The number of carbonyl (C=O) groups is 1. The van der Waals surface area contributed by atoms with E-state index in [4.69, 9.17) is 11.6 Å². The minimum Gasteiger partial charge on any atom is -0.507 e. The highest BCUT2D eigenvalue weighted by atomic mass is 35.5. The number of amides is 1. The van der Waals surface area contributed by atoms with Crippen molar-refractivity contribution in [1.29, 1.82) is 0 Å². The van der Waals surface area contributed by atoms with Crippen LogP contribution in [-0.4, -0.2) is 17.2 Å². The number of carbonyl (C=O) groups excluding carboxylic acids is 1. The van der Waals surface area contributed by atoms with Crippen molar-refractivity contribution in [3.05, 3.63) is 28.8 Å². The molecule has 0 aliphatic carbocycles. The number of nitrogens with zero attached hydrogens (tertiary/aromatic N) is 1. The predicted octanol–water partition coefficient (Wildman–Crippen LogP) is 3.73. The lowest BCUT2D eigenvalue weighted by Gasteiger charge is -2.03. The Balaban J connectivity index is 2.38. The first-order valence-electron chi connectivity index (χ1n) is 6.45. The standard InChI is InChI=1S/C14H19ClN2O2/c1-2-3-4-5-6-9-16-17-14(19)12-10-11(15)7-8-13(12)18/h7-10,18H,2-6H2,1H3,(H,17,19)/b16-9+. The number of unbranched alkanes of at least 4 members (excludes halogenated alkanes) is 4. The molecule has 0 aromatic heterocycles. The van der Waals surface area contributed by atoms with Crippen molar-refractivity contribution in [2.75, 3.05) is 0 Å². The summed E-state index contributed by atoms with van der Waals surface area (Å²) in [4.78, 5) is 11.7. The first-order valence-corrected chi connectivity index (χ1v) is 6.83. The number of halogens is 1. The van der Waals surface area contributed by atoms with Crippen LogP contribution in [0.5, 0.6) is 5.75 Å². The monoisotopic (exact) mass is 282 g/mol. The summed E-state index contributed by atoms with van der Waals surface area (Å²) in [6, 6.07) is 4.30. The maximum atomic E-state index is 11.7. The largest absolute Gasteiger partial charge is 0.507 e. The zero-order valence-electron chi connectivity index (χ0n) is 11.0. The molecule has 0 bridgehead atoms. The average Bonchev–Trinajstić information content (AvgIpc) is 2.40. The molecular weight excluding hydrogens is 264 g/mol. The Morgan fingerprint density at radius 2 is 2.21 bits per heavy atom. The molecular formula is C14H19ClN2O2. The summed E-state index contributed by atoms with van der Waals surface area (Å²) in [6.45, 7) is 2.16. The Bertz CT molecular complexity index is 447. The Labute approximate surface area is 118 Å². The number of phenolic OH excluding ortho intramolecular Hbond substituents is 1. The lowest BCUT2D eigenvalue weighted by atomic mass is 10.2. The minimum absolute atomic E-state index is 0.111. The summed E-state index contributed by atoms with van der Waals surface area (Å²) in [5, 5.41) is 13.8. The van der Waals surface area contributed by atoms with E-state index >= 15 is 0 Å². The van der Waals surface area contributed by atoms with Crippen LogP contribution in [0.2, 0.25) is 5.02 Å². The van der Waals surface area contributed by atoms with E-state index in [0.717, 1.165) is 12.8 Å². The van der Waals surface area contributed by atoms with Crippen LogP contribution in [0.3, 0.4) is 0 Å². The molecule has 0 saturated carbocycles. The van der Waals surface area contributed by atoms with Crippen molar-refractivity contribution in [3.63, 3.8) is 0 Å². The highest BCUT2D eigenvalue weighted by Gasteiger charge is 2.10. The average molecular weight is 283 g/mol. The molecule has 0 saturated heterocycles. The van der Waals surface area contributed by atoms with Crippen LogP contribution in [0.1, 0.15) is 49.4 Å². The topological polar surface area (TPSA) is 61.7 Å². The van der Waals surface area contributed by atoms with E-state index in [1.54, 1.807) is 6.21 Å². The van der Waals surface area contributed by atoms with Gasteiger partial charge in [-0.3, -0.25) is 4.79 Å². The second kappa shape index (κ2) is 8.53. The number of phenols is 1. The molecule has 1 rings (SSSR count). The summed E-state index contributed by atoms with van der Waals surface area (Å²) < 4.78 is 0. The van der Waals surface area contributed by atoms with Gasteiger partial charge in [0.25, 0.3) is 5.91 Å². The lowest BCUT2D eigenvalue weighted by Crippen LogP contribution is -2.17. The summed E-state index contributed by atoms with van der Waals surface area (Å²) in [5.74, 6) is -0.579. The second-order valence-corrected chi connectivity index (χ2v) is 4.70. The van der Waals surface area contributed by atoms with E-state index in [2.05, 4.69) is 17.5 Å². The number of hydrogen-bond acceptors (Lipinski definition) is 3. The fourth-order valence-corrected chi connectivity index (χ4v) is 1.75. The molecule has 5 heteroatoms. The Morgan fingerprint density at radius 1 is 1.42 bits per heavy atom. The van der Waals surface area contributed by atoms with Gasteiger partial charge in [-0.05, 0) is 31.0 Å². The van der Waals surface area contributed by atoms with E-state index in [0.29, 0.717) is 5.02 Å². The predicted molar refractivity (Wildman–Crippen MR) is 77.8 cm³/mol. The molecule has 19 heavy (non-hydrogen) atoms. The van der Waals surface area contributed by atoms with Gasteiger partial charge in [0.1, 0.15) is 5.75 Å². The number of aromatic hydroxyl groups is 1. The van der Waals surface area contributed by atoms with Gasteiger partial charge in [0.05, 0.1) is 5.56 Å². The number of hydrogen-bond donors (Lipinski definition) is 2. The third-order valence-corrected chi connectivity index (χ3v) is 2.88. The fraction of sp³-hybridized carbons (Fsp3) is 0.429. The van der Waals surface area contributed by atoms with Gasteiger partial charge in [-0.2, -0.15) is 5.10 Å². The van der Waals surface area contributed by atoms with Gasteiger partial charge in [-0.25, -0.2) is 5.43 Å². The van der Waals surface area contributed by atoms with Crippen molar-refractivity contribution in [2.45, 2.75) is 39.0 Å². The molecule has 0 unspecified atom stereocenters. The molecule has 104 valence electrons. The number of benzene rings is 1. The van der Waals surface area contributed by atoms with E-state index in [-0.39, 0.29) is 11.3 Å². The molecule has 1 amide bonds. The summed E-state index contributed by atoms with van der Waals surface area (Å²) >= 11 is 5.76. The second-order valence-electron chi connectivity index (χ2n) is 4.26. The molecule has 1 aromatic carbocycles.